The van der Waals surface area contributed by atoms with E-state index in [1.807, 2.05) is 13.8 Å². The number of sulfonamides is 1. The number of rotatable bonds is 10. The minimum absolute atomic E-state index is 0.00804. The molecule has 1 amide bonds. The fourth-order valence-electron chi connectivity index (χ4n) is 3.12. The van der Waals surface area contributed by atoms with Crippen LogP contribution in [0.15, 0.2) is 77.7 Å². The average Bonchev–Trinajstić information content (AvgIpc) is 2.79. The highest BCUT2D eigenvalue weighted by atomic mass is 35.5. The molecule has 8 heteroatoms. The van der Waals surface area contributed by atoms with Crippen LogP contribution in [0.25, 0.3) is 0 Å². The Morgan fingerprint density at radius 3 is 2.06 bits per heavy atom. The Kier molecular flexibility index (Phi) is 8.36. The van der Waals surface area contributed by atoms with E-state index >= 15 is 0 Å². The van der Waals surface area contributed by atoms with Gasteiger partial charge in [0, 0.05) is 11.4 Å². The quantitative estimate of drug-likeness (QED) is 0.346. The molecule has 0 aliphatic rings. The minimum Gasteiger partial charge on any atom is -0.494 e. The summed E-state index contributed by atoms with van der Waals surface area (Å²) in [7, 11) is -4.10. The number of carbonyl (C=O) groups is 1. The number of anilines is 1. The minimum atomic E-state index is -4.10. The van der Waals surface area contributed by atoms with E-state index in [4.69, 9.17) is 21.1 Å². The van der Waals surface area contributed by atoms with Crippen LogP contribution in [0.3, 0.4) is 0 Å². The maximum Gasteiger partial charge on any atom is 0.270 e. The maximum absolute atomic E-state index is 13.4. The van der Waals surface area contributed by atoms with Gasteiger partial charge in [-0.15, -0.1) is 0 Å². The predicted octanol–water partition coefficient (Wildman–Crippen LogP) is 5.63. The van der Waals surface area contributed by atoms with Crippen molar-refractivity contribution in [2.24, 2.45) is 0 Å². The molecule has 0 N–H and O–H groups in total. The van der Waals surface area contributed by atoms with Gasteiger partial charge in [-0.2, -0.15) is 0 Å². The van der Waals surface area contributed by atoms with Crippen LogP contribution in [0, 0.1) is 6.92 Å². The first-order valence-corrected chi connectivity index (χ1v) is 12.4. The highest BCUT2D eigenvalue weighted by Gasteiger charge is 2.30. The molecule has 0 unspecified atom stereocenters. The third-order valence-electron chi connectivity index (χ3n) is 4.79. The summed E-state index contributed by atoms with van der Waals surface area (Å²) in [6.07, 6.45) is 0.338. The first-order chi connectivity index (χ1) is 15.8. The molecule has 0 fully saturated rings. The number of amides is 1. The van der Waals surface area contributed by atoms with Crippen LogP contribution in [0.5, 0.6) is 11.5 Å². The Bertz CT molecular complexity index is 1160. The molecular formula is C25H26ClNO5S. The van der Waals surface area contributed by atoms with Gasteiger partial charge in [-0.25, -0.2) is 12.7 Å². The monoisotopic (exact) mass is 487 g/mol. The van der Waals surface area contributed by atoms with Crippen molar-refractivity contribution in [3.8, 4) is 11.5 Å². The fraction of sp³-hybridized carbons (Fsp3) is 0.240. The van der Waals surface area contributed by atoms with Gasteiger partial charge in [0.15, 0.2) is 0 Å². The second-order valence-corrected chi connectivity index (χ2v) is 9.53. The van der Waals surface area contributed by atoms with Gasteiger partial charge in [-0.05, 0) is 80.9 Å². The lowest BCUT2D eigenvalue weighted by Gasteiger charge is -2.23. The third-order valence-corrected chi connectivity index (χ3v) is 6.80. The highest BCUT2D eigenvalue weighted by molar-refractivity contribution is 7.93. The maximum atomic E-state index is 13.4. The summed E-state index contributed by atoms with van der Waals surface area (Å²) in [6, 6.07) is 19.7. The number of hydrogen-bond acceptors (Lipinski definition) is 5. The van der Waals surface area contributed by atoms with E-state index in [-0.39, 0.29) is 23.6 Å². The van der Waals surface area contributed by atoms with Gasteiger partial charge in [0.1, 0.15) is 11.5 Å². The van der Waals surface area contributed by atoms with E-state index in [1.54, 1.807) is 60.7 Å². The van der Waals surface area contributed by atoms with E-state index < -0.39 is 15.9 Å². The summed E-state index contributed by atoms with van der Waals surface area (Å²) in [5.41, 5.74) is 1.18. The molecule has 0 spiro atoms. The number of aryl methyl sites for hydroxylation is 1. The molecule has 33 heavy (non-hydrogen) atoms. The molecule has 0 aliphatic heterocycles. The Balaban J connectivity index is 1.79. The number of nitrogens with zero attached hydrogens (tertiary/aromatic N) is 1. The lowest BCUT2D eigenvalue weighted by Crippen LogP contribution is -2.37. The Hall–Kier alpha value is -3.03. The van der Waals surface area contributed by atoms with Gasteiger partial charge >= 0.3 is 0 Å². The lowest BCUT2D eigenvalue weighted by molar-refractivity contribution is -0.117. The highest BCUT2D eigenvalue weighted by Crippen LogP contribution is 2.27. The van der Waals surface area contributed by atoms with E-state index in [1.165, 1.54) is 12.1 Å². The molecule has 6 nitrogen and oxygen atoms in total. The van der Waals surface area contributed by atoms with Crippen LogP contribution in [-0.2, 0) is 14.8 Å². The largest absolute Gasteiger partial charge is 0.494 e. The lowest BCUT2D eigenvalue weighted by atomic mass is 10.2. The molecular weight excluding hydrogens is 462 g/mol. The number of hydrogen-bond donors (Lipinski definition) is 0. The molecule has 0 aromatic heterocycles. The van der Waals surface area contributed by atoms with Crippen molar-refractivity contribution in [3.05, 3.63) is 83.4 Å². The Labute approximate surface area is 199 Å². The van der Waals surface area contributed by atoms with E-state index in [2.05, 4.69) is 0 Å². The standard InChI is InChI=1S/C25H26ClNO5S/c1-3-31-22-14-10-21(11-15-22)27(33(29,30)24-16-6-19(2)7-17-24)25(28)5-4-18-32-23-12-8-20(26)9-13-23/h6-17H,3-5,18H2,1-2H3. The van der Waals surface area contributed by atoms with E-state index in [0.717, 1.165) is 9.87 Å². The molecule has 0 radical (unpaired) electrons. The molecule has 0 atom stereocenters. The van der Waals surface area contributed by atoms with Crippen LogP contribution in [0.1, 0.15) is 25.3 Å². The molecule has 0 saturated carbocycles. The van der Waals surface area contributed by atoms with Crippen molar-refractivity contribution in [1.82, 2.24) is 0 Å². The first kappa shape index (κ1) is 24.6. The third kappa shape index (κ3) is 6.49. The Morgan fingerprint density at radius 2 is 1.45 bits per heavy atom. The number of halogens is 1. The molecule has 0 bridgehead atoms. The summed E-state index contributed by atoms with van der Waals surface area (Å²) in [4.78, 5) is 13.2. The smallest absolute Gasteiger partial charge is 0.270 e. The van der Waals surface area contributed by atoms with Gasteiger partial charge in [0.2, 0.25) is 5.91 Å². The molecule has 0 heterocycles. The van der Waals surface area contributed by atoms with Crippen molar-refractivity contribution < 1.29 is 22.7 Å². The van der Waals surface area contributed by atoms with Crippen LogP contribution in [0.4, 0.5) is 5.69 Å². The van der Waals surface area contributed by atoms with Gasteiger partial charge in [-0.3, -0.25) is 4.79 Å². The molecule has 3 aromatic carbocycles. The van der Waals surface area contributed by atoms with Crippen molar-refractivity contribution >= 4 is 33.2 Å². The Morgan fingerprint density at radius 1 is 0.879 bits per heavy atom. The summed E-state index contributed by atoms with van der Waals surface area (Å²) in [6.45, 7) is 4.47. The van der Waals surface area contributed by atoms with Crippen LogP contribution in [0.2, 0.25) is 5.02 Å². The zero-order valence-electron chi connectivity index (χ0n) is 18.5. The summed E-state index contributed by atoms with van der Waals surface area (Å²) >= 11 is 5.87. The topological polar surface area (TPSA) is 72.9 Å². The molecule has 0 aliphatic carbocycles. The van der Waals surface area contributed by atoms with E-state index in [0.29, 0.717) is 29.5 Å². The summed E-state index contributed by atoms with van der Waals surface area (Å²) in [5.74, 6) is 0.680. The summed E-state index contributed by atoms with van der Waals surface area (Å²) in [5, 5.41) is 0.602. The molecule has 174 valence electrons. The SMILES string of the molecule is CCOc1ccc(N(C(=O)CCCOc2ccc(Cl)cc2)S(=O)(=O)c2ccc(C)cc2)cc1. The van der Waals surface area contributed by atoms with Crippen LogP contribution < -0.4 is 13.8 Å². The number of carbonyl (C=O) groups excluding carboxylic acids is 1. The first-order valence-electron chi connectivity index (χ1n) is 10.6. The normalized spacial score (nSPS) is 11.1. The predicted molar refractivity (Wildman–Crippen MR) is 130 cm³/mol. The zero-order valence-corrected chi connectivity index (χ0v) is 20.1. The van der Waals surface area contributed by atoms with Crippen molar-refractivity contribution in [2.45, 2.75) is 31.6 Å². The van der Waals surface area contributed by atoms with Crippen molar-refractivity contribution in [2.75, 3.05) is 17.5 Å². The second kappa shape index (κ2) is 11.2. The van der Waals surface area contributed by atoms with Gasteiger partial charge in [0.05, 0.1) is 23.8 Å². The van der Waals surface area contributed by atoms with Crippen LogP contribution in [-0.4, -0.2) is 27.5 Å². The molecule has 0 saturated heterocycles. The fourth-order valence-corrected chi connectivity index (χ4v) is 4.70. The zero-order chi connectivity index (χ0) is 23.8. The molecule has 3 rings (SSSR count). The summed E-state index contributed by atoms with van der Waals surface area (Å²) < 4.78 is 38.7. The van der Waals surface area contributed by atoms with Gasteiger partial charge in [-0.1, -0.05) is 29.3 Å². The van der Waals surface area contributed by atoms with Crippen molar-refractivity contribution in [1.29, 1.82) is 0 Å². The van der Waals surface area contributed by atoms with Crippen molar-refractivity contribution in [3.63, 3.8) is 0 Å². The van der Waals surface area contributed by atoms with Gasteiger partial charge in [0.25, 0.3) is 10.0 Å². The average molecular weight is 488 g/mol. The number of benzene rings is 3. The second-order valence-electron chi connectivity index (χ2n) is 7.31. The number of ether oxygens (including phenoxy) is 2. The molecule has 3 aromatic rings. The van der Waals surface area contributed by atoms with E-state index in [9.17, 15) is 13.2 Å². The van der Waals surface area contributed by atoms with Crippen LogP contribution >= 0.6 is 11.6 Å². The van der Waals surface area contributed by atoms with Gasteiger partial charge < -0.3 is 9.47 Å².